The summed E-state index contributed by atoms with van der Waals surface area (Å²) >= 11 is 0. The number of likely N-dealkylation sites (tertiary alicyclic amines) is 1. The normalized spacial score (nSPS) is 24.3. The van der Waals surface area contributed by atoms with Crippen molar-refractivity contribution in [3.63, 3.8) is 0 Å². The number of benzene rings is 1. The van der Waals surface area contributed by atoms with Gasteiger partial charge in [0.1, 0.15) is 19.3 Å². The molecule has 3 heterocycles. The van der Waals surface area contributed by atoms with E-state index in [-0.39, 0.29) is 18.2 Å². The van der Waals surface area contributed by atoms with Gasteiger partial charge in [0.2, 0.25) is 0 Å². The van der Waals surface area contributed by atoms with E-state index in [2.05, 4.69) is 11.0 Å². The zero-order valence-electron chi connectivity index (χ0n) is 19.2. The molecule has 8 heteroatoms. The van der Waals surface area contributed by atoms with Crippen LogP contribution in [-0.4, -0.2) is 80.1 Å². The van der Waals surface area contributed by atoms with Crippen LogP contribution < -0.4 is 9.47 Å². The first-order chi connectivity index (χ1) is 15.4. The van der Waals surface area contributed by atoms with Gasteiger partial charge in [-0.2, -0.15) is 5.26 Å². The van der Waals surface area contributed by atoms with E-state index in [1.807, 2.05) is 18.7 Å². The van der Waals surface area contributed by atoms with E-state index in [4.69, 9.17) is 24.2 Å². The average molecular weight is 444 g/mol. The lowest BCUT2D eigenvalue weighted by Gasteiger charge is -2.37. The topological polar surface area (TPSA) is 84.3 Å². The second kappa shape index (κ2) is 9.55. The number of amides is 1. The van der Waals surface area contributed by atoms with Gasteiger partial charge in [0.05, 0.1) is 23.3 Å². The van der Waals surface area contributed by atoms with E-state index in [0.717, 1.165) is 38.9 Å². The Morgan fingerprint density at radius 1 is 1.19 bits per heavy atom. The number of rotatable bonds is 7. The molecule has 1 aromatic carbocycles. The van der Waals surface area contributed by atoms with Gasteiger partial charge in [-0.05, 0) is 64.3 Å². The summed E-state index contributed by atoms with van der Waals surface area (Å²) in [6.45, 7) is 8.45. The number of hydrogen-bond acceptors (Lipinski definition) is 7. The molecule has 0 aliphatic carbocycles. The molecule has 0 saturated carbocycles. The van der Waals surface area contributed by atoms with Gasteiger partial charge in [-0.3, -0.25) is 9.80 Å². The molecule has 4 rings (SSSR count). The van der Waals surface area contributed by atoms with Crippen LogP contribution in [0.3, 0.4) is 0 Å². The van der Waals surface area contributed by atoms with Crippen LogP contribution in [0.2, 0.25) is 0 Å². The van der Waals surface area contributed by atoms with E-state index in [1.54, 1.807) is 25.3 Å². The minimum absolute atomic E-state index is 0.0376. The molecule has 0 N–H and O–H groups in total. The lowest BCUT2D eigenvalue weighted by molar-refractivity contribution is -0.0336. The van der Waals surface area contributed by atoms with Gasteiger partial charge in [-0.25, -0.2) is 4.79 Å². The maximum atomic E-state index is 12.2. The summed E-state index contributed by atoms with van der Waals surface area (Å²) in [6.07, 6.45) is 2.91. The Morgan fingerprint density at radius 3 is 2.69 bits per heavy atom. The van der Waals surface area contributed by atoms with E-state index in [1.165, 1.54) is 0 Å². The average Bonchev–Trinajstić information content (AvgIpc) is 3.19. The van der Waals surface area contributed by atoms with Gasteiger partial charge < -0.3 is 18.9 Å². The standard InChI is InChI=1S/C24H33N3O5/c1-24(2,29-3)22-16-31-23(28)27(22)11-8-17-6-9-26(10-7-17)14-19-15-30-20-5-4-18(13-25)12-21(20)32-19/h4-5,12,17,19,22H,6-11,14-16H2,1-3H3/t19-,22-/m0/s1. The molecule has 174 valence electrons. The number of nitriles is 1. The first kappa shape index (κ1) is 22.7. The molecule has 0 aromatic heterocycles. The Hall–Kier alpha value is -2.50. The lowest BCUT2D eigenvalue weighted by atomic mass is 9.92. The Morgan fingerprint density at radius 2 is 1.97 bits per heavy atom. The zero-order valence-corrected chi connectivity index (χ0v) is 19.2. The van der Waals surface area contributed by atoms with Crippen molar-refractivity contribution < 1.29 is 23.7 Å². The fourth-order valence-corrected chi connectivity index (χ4v) is 4.75. The molecular formula is C24H33N3O5. The van der Waals surface area contributed by atoms with E-state index >= 15 is 0 Å². The molecule has 0 unspecified atom stereocenters. The molecular weight excluding hydrogens is 410 g/mol. The van der Waals surface area contributed by atoms with Crippen molar-refractivity contribution in [2.75, 3.05) is 46.5 Å². The molecule has 0 spiro atoms. The fourth-order valence-electron chi connectivity index (χ4n) is 4.75. The molecule has 2 fully saturated rings. The highest BCUT2D eigenvalue weighted by Crippen LogP contribution is 2.33. The van der Waals surface area contributed by atoms with Crippen molar-refractivity contribution in [3.8, 4) is 17.6 Å². The van der Waals surface area contributed by atoms with Crippen LogP contribution in [-0.2, 0) is 9.47 Å². The molecule has 1 amide bonds. The zero-order chi connectivity index (χ0) is 22.7. The molecule has 3 aliphatic rings. The largest absolute Gasteiger partial charge is 0.486 e. The Labute approximate surface area is 190 Å². The predicted octanol–water partition coefficient (Wildman–Crippen LogP) is 3.05. The van der Waals surface area contributed by atoms with Gasteiger partial charge in [-0.1, -0.05) is 0 Å². The monoisotopic (exact) mass is 443 g/mol. The van der Waals surface area contributed by atoms with Gasteiger partial charge in [0, 0.05) is 26.3 Å². The molecule has 0 bridgehead atoms. The molecule has 2 atom stereocenters. The number of methoxy groups -OCH3 is 1. The first-order valence-corrected chi connectivity index (χ1v) is 11.4. The molecule has 3 aliphatic heterocycles. The Bertz CT molecular complexity index is 860. The lowest BCUT2D eigenvalue weighted by Crippen LogP contribution is -2.50. The Kier molecular flexibility index (Phi) is 6.77. The van der Waals surface area contributed by atoms with Crippen LogP contribution in [0.15, 0.2) is 18.2 Å². The number of carbonyl (C=O) groups excluding carboxylic acids is 1. The maximum Gasteiger partial charge on any atom is 0.410 e. The summed E-state index contributed by atoms with van der Waals surface area (Å²) in [6, 6.07) is 7.38. The van der Waals surface area contributed by atoms with Crippen LogP contribution in [0, 0.1) is 17.2 Å². The molecule has 32 heavy (non-hydrogen) atoms. The van der Waals surface area contributed by atoms with Crippen molar-refractivity contribution in [2.24, 2.45) is 5.92 Å². The Balaban J connectivity index is 1.23. The predicted molar refractivity (Wildman–Crippen MR) is 118 cm³/mol. The molecule has 1 aromatic rings. The minimum atomic E-state index is -0.426. The number of nitrogens with zero attached hydrogens (tertiary/aromatic N) is 3. The molecule has 0 radical (unpaired) electrons. The summed E-state index contributed by atoms with van der Waals surface area (Å²) in [4.78, 5) is 16.5. The molecule has 8 nitrogen and oxygen atoms in total. The number of ether oxygens (including phenoxy) is 4. The quantitative estimate of drug-likeness (QED) is 0.640. The molecule has 2 saturated heterocycles. The van der Waals surface area contributed by atoms with Crippen molar-refractivity contribution >= 4 is 6.09 Å². The second-order valence-electron chi connectivity index (χ2n) is 9.45. The van der Waals surface area contributed by atoms with Crippen LogP contribution in [0.1, 0.15) is 38.7 Å². The summed E-state index contributed by atoms with van der Waals surface area (Å²) in [7, 11) is 1.68. The second-order valence-corrected chi connectivity index (χ2v) is 9.45. The van der Waals surface area contributed by atoms with Crippen LogP contribution in [0.4, 0.5) is 4.79 Å². The van der Waals surface area contributed by atoms with Crippen molar-refractivity contribution in [1.82, 2.24) is 9.80 Å². The number of fused-ring (bicyclic) bond motifs is 1. The highest BCUT2D eigenvalue weighted by Gasteiger charge is 2.43. The van der Waals surface area contributed by atoms with Crippen molar-refractivity contribution in [1.29, 1.82) is 5.26 Å². The smallest absolute Gasteiger partial charge is 0.410 e. The van der Waals surface area contributed by atoms with Crippen molar-refractivity contribution in [3.05, 3.63) is 23.8 Å². The SMILES string of the molecule is COC(C)(C)[C@@H]1COC(=O)N1CCC1CCN(C[C@H]2COc3ccc(C#N)cc3O2)CC1. The summed E-state index contributed by atoms with van der Waals surface area (Å²) < 4.78 is 22.8. The van der Waals surface area contributed by atoms with E-state index in [0.29, 0.717) is 42.7 Å². The first-order valence-electron chi connectivity index (χ1n) is 11.4. The maximum absolute atomic E-state index is 12.2. The third-order valence-electron chi connectivity index (χ3n) is 7.04. The van der Waals surface area contributed by atoms with Crippen LogP contribution >= 0.6 is 0 Å². The summed E-state index contributed by atoms with van der Waals surface area (Å²) in [5.74, 6) is 1.95. The highest BCUT2D eigenvalue weighted by molar-refractivity contribution is 5.70. The van der Waals surface area contributed by atoms with Gasteiger partial charge in [-0.15, -0.1) is 0 Å². The van der Waals surface area contributed by atoms with Crippen LogP contribution in [0.25, 0.3) is 0 Å². The number of hydrogen-bond donors (Lipinski definition) is 0. The van der Waals surface area contributed by atoms with Gasteiger partial charge >= 0.3 is 6.09 Å². The van der Waals surface area contributed by atoms with Crippen molar-refractivity contribution in [2.45, 2.75) is 50.9 Å². The minimum Gasteiger partial charge on any atom is -0.486 e. The highest BCUT2D eigenvalue weighted by atomic mass is 16.6. The third kappa shape index (κ3) is 4.94. The van der Waals surface area contributed by atoms with Crippen LogP contribution in [0.5, 0.6) is 11.5 Å². The number of carbonyl (C=O) groups is 1. The van der Waals surface area contributed by atoms with Gasteiger partial charge in [0.25, 0.3) is 0 Å². The van der Waals surface area contributed by atoms with Gasteiger partial charge in [0.15, 0.2) is 11.5 Å². The number of piperidine rings is 1. The summed E-state index contributed by atoms with van der Waals surface area (Å²) in [5.41, 5.74) is 0.149. The number of cyclic esters (lactones) is 1. The van der Waals surface area contributed by atoms with E-state index < -0.39 is 5.60 Å². The fraction of sp³-hybridized carbons (Fsp3) is 0.667. The summed E-state index contributed by atoms with van der Waals surface area (Å²) in [5, 5.41) is 9.10. The third-order valence-corrected chi connectivity index (χ3v) is 7.04. The van der Waals surface area contributed by atoms with E-state index in [9.17, 15) is 4.79 Å².